The summed E-state index contributed by atoms with van der Waals surface area (Å²) in [6.07, 6.45) is 9.44. The molecule has 9 heteroatoms. The minimum atomic E-state index is -0.181. The number of fused-ring (bicyclic) bond motifs is 2. The molecule has 3 heterocycles. The third kappa shape index (κ3) is 4.79. The molecule has 210 valence electrons. The zero-order valence-electron chi connectivity index (χ0n) is 23.1. The molecule has 2 atom stereocenters. The average Bonchev–Trinajstić information content (AvgIpc) is 3.41. The number of likely N-dealkylation sites (tertiary alicyclic amines) is 1. The normalized spacial score (nSPS) is 21.7. The predicted octanol–water partition coefficient (Wildman–Crippen LogP) is 5.04. The smallest absolute Gasteiger partial charge is 0.264 e. The summed E-state index contributed by atoms with van der Waals surface area (Å²) < 4.78 is 2.05. The van der Waals surface area contributed by atoms with Crippen molar-refractivity contribution in [3.05, 3.63) is 90.0 Å². The number of para-hydroxylation sites is 1. The lowest BCUT2D eigenvalue weighted by atomic mass is 10.0. The second-order valence-electron chi connectivity index (χ2n) is 11.7. The number of rotatable bonds is 6. The van der Waals surface area contributed by atoms with Gasteiger partial charge in [-0.15, -0.1) is 0 Å². The van der Waals surface area contributed by atoms with E-state index in [1.54, 1.807) is 18.3 Å². The van der Waals surface area contributed by atoms with Crippen LogP contribution in [0.15, 0.2) is 78.6 Å². The van der Waals surface area contributed by atoms with Crippen LogP contribution in [0.5, 0.6) is 0 Å². The molecule has 2 aromatic carbocycles. The Morgan fingerprint density at radius 3 is 2.40 bits per heavy atom. The van der Waals surface area contributed by atoms with Crippen LogP contribution in [0.1, 0.15) is 47.8 Å². The molecule has 0 radical (unpaired) electrons. The van der Waals surface area contributed by atoms with Crippen LogP contribution in [0, 0.1) is 29.1 Å². The summed E-state index contributed by atoms with van der Waals surface area (Å²) in [5.74, 6) is 2.39. The highest BCUT2D eigenvalue weighted by Gasteiger charge is 2.44. The summed E-state index contributed by atoms with van der Waals surface area (Å²) in [7, 11) is 0. The van der Waals surface area contributed by atoms with Gasteiger partial charge in [0, 0.05) is 48.2 Å². The SMILES string of the molecule is N#CC(=CC1CC1)C(=O)N1CC2CC(c3nc(-c4ccc(C(=O)Nc5ccccc5)cc4)c4c(N)nccn34)CC2C1. The van der Waals surface area contributed by atoms with Crippen molar-refractivity contribution >= 4 is 28.8 Å². The Bertz CT molecular complexity index is 1730. The van der Waals surface area contributed by atoms with Crippen LogP contribution in [0.4, 0.5) is 11.5 Å². The molecule has 3 aliphatic rings. The Kier molecular flexibility index (Phi) is 6.46. The van der Waals surface area contributed by atoms with E-state index in [-0.39, 0.29) is 17.7 Å². The number of nitriles is 1. The molecule has 2 amide bonds. The number of imidazole rings is 1. The van der Waals surface area contributed by atoms with E-state index in [9.17, 15) is 14.9 Å². The van der Waals surface area contributed by atoms with Gasteiger partial charge >= 0.3 is 0 Å². The first kappa shape index (κ1) is 26.0. The fourth-order valence-corrected chi connectivity index (χ4v) is 6.58. The number of hydrogen-bond acceptors (Lipinski definition) is 6. The van der Waals surface area contributed by atoms with E-state index in [2.05, 4.69) is 20.8 Å². The molecule has 0 spiro atoms. The Morgan fingerprint density at radius 1 is 1.02 bits per heavy atom. The number of nitrogen functional groups attached to an aromatic ring is 1. The fraction of sp³-hybridized carbons (Fsp3) is 0.303. The minimum Gasteiger partial charge on any atom is -0.382 e. The van der Waals surface area contributed by atoms with Crippen LogP contribution in [-0.4, -0.2) is 44.2 Å². The number of nitrogens with two attached hydrogens (primary N) is 1. The standard InChI is InChI=1S/C33H31N7O2/c34-17-24(14-20-6-7-20)33(42)39-18-25-15-23(16-26(25)19-39)31-38-28(29-30(35)36-12-13-40(29)31)21-8-10-22(11-9-21)32(41)37-27-4-2-1-3-5-27/h1-5,8-14,20,23,25-26H,6-7,15-16,18-19H2,(H2,35,36)(H,37,41). The molecule has 2 aromatic heterocycles. The maximum absolute atomic E-state index is 13.0. The van der Waals surface area contributed by atoms with Gasteiger partial charge in [0.05, 0.1) is 0 Å². The first-order valence-corrected chi connectivity index (χ1v) is 14.5. The molecular formula is C33H31N7O2. The molecule has 4 aromatic rings. The number of carbonyl (C=O) groups is 2. The first-order chi connectivity index (χ1) is 20.5. The largest absolute Gasteiger partial charge is 0.382 e. The van der Waals surface area contributed by atoms with Gasteiger partial charge in [0.15, 0.2) is 0 Å². The number of nitrogens with one attached hydrogen (secondary N) is 1. The lowest BCUT2D eigenvalue weighted by Crippen LogP contribution is -2.31. The molecule has 1 saturated heterocycles. The van der Waals surface area contributed by atoms with Crippen molar-refractivity contribution < 1.29 is 9.59 Å². The lowest BCUT2D eigenvalue weighted by molar-refractivity contribution is -0.126. The van der Waals surface area contributed by atoms with Gasteiger partial charge in [0.25, 0.3) is 11.8 Å². The van der Waals surface area contributed by atoms with Crippen LogP contribution in [0.3, 0.4) is 0 Å². The van der Waals surface area contributed by atoms with Crippen molar-refractivity contribution in [1.82, 2.24) is 19.3 Å². The van der Waals surface area contributed by atoms with Gasteiger partial charge in [0.1, 0.15) is 34.5 Å². The van der Waals surface area contributed by atoms with Crippen LogP contribution < -0.4 is 11.1 Å². The quantitative estimate of drug-likeness (QED) is 0.252. The van der Waals surface area contributed by atoms with Gasteiger partial charge < -0.3 is 16.0 Å². The third-order valence-electron chi connectivity index (χ3n) is 8.84. The van der Waals surface area contributed by atoms with Crippen molar-refractivity contribution in [3.63, 3.8) is 0 Å². The van der Waals surface area contributed by atoms with Gasteiger partial charge in [-0.05, 0) is 67.7 Å². The topological polar surface area (TPSA) is 129 Å². The summed E-state index contributed by atoms with van der Waals surface area (Å²) >= 11 is 0. The average molecular weight is 558 g/mol. The number of hydrogen-bond donors (Lipinski definition) is 2. The summed E-state index contributed by atoms with van der Waals surface area (Å²) in [6, 6.07) is 18.9. The Balaban J connectivity index is 1.11. The summed E-state index contributed by atoms with van der Waals surface area (Å²) in [6.45, 7) is 1.35. The number of benzene rings is 2. The van der Waals surface area contributed by atoms with E-state index in [0.717, 1.165) is 54.0 Å². The van der Waals surface area contributed by atoms with Gasteiger partial charge in [-0.25, -0.2) is 9.97 Å². The number of nitrogens with zero attached hydrogens (tertiary/aromatic N) is 5. The maximum atomic E-state index is 13.0. The second kappa shape index (κ2) is 10.5. The van der Waals surface area contributed by atoms with Crippen LogP contribution >= 0.6 is 0 Å². The van der Waals surface area contributed by atoms with Crippen molar-refractivity contribution in [2.75, 3.05) is 24.1 Å². The first-order valence-electron chi connectivity index (χ1n) is 14.5. The molecule has 7 rings (SSSR count). The van der Waals surface area contributed by atoms with Crippen molar-refractivity contribution in [2.24, 2.45) is 17.8 Å². The van der Waals surface area contributed by atoms with E-state index in [1.807, 2.05) is 59.6 Å². The Hall–Kier alpha value is -4.97. The highest BCUT2D eigenvalue weighted by molar-refractivity contribution is 6.04. The summed E-state index contributed by atoms with van der Waals surface area (Å²) in [5.41, 5.74) is 10.3. The molecule has 3 N–H and O–H groups in total. The van der Waals surface area contributed by atoms with E-state index in [1.165, 1.54) is 0 Å². The zero-order chi connectivity index (χ0) is 28.8. The van der Waals surface area contributed by atoms with Crippen LogP contribution in [0.2, 0.25) is 0 Å². The van der Waals surface area contributed by atoms with E-state index in [4.69, 9.17) is 10.7 Å². The van der Waals surface area contributed by atoms with E-state index in [0.29, 0.717) is 47.8 Å². The van der Waals surface area contributed by atoms with Crippen molar-refractivity contribution in [1.29, 1.82) is 5.26 Å². The highest BCUT2D eigenvalue weighted by atomic mass is 16.2. The monoisotopic (exact) mass is 557 g/mol. The number of allylic oxidation sites excluding steroid dienone is 1. The molecule has 42 heavy (non-hydrogen) atoms. The van der Waals surface area contributed by atoms with Crippen molar-refractivity contribution in [3.8, 4) is 17.3 Å². The second-order valence-corrected chi connectivity index (χ2v) is 11.7. The van der Waals surface area contributed by atoms with Crippen LogP contribution in [-0.2, 0) is 4.79 Å². The van der Waals surface area contributed by atoms with Gasteiger partial charge in [-0.3, -0.25) is 14.0 Å². The molecule has 0 bridgehead atoms. The zero-order valence-corrected chi connectivity index (χ0v) is 23.1. The Morgan fingerprint density at radius 2 is 1.74 bits per heavy atom. The fourth-order valence-electron chi connectivity index (χ4n) is 6.58. The number of aromatic nitrogens is 3. The summed E-state index contributed by atoms with van der Waals surface area (Å²) in [4.78, 5) is 37.1. The third-order valence-corrected chi connectivity index (χ3v) is 8.84. The molecular weight excluding hydrogens is 526 g/mol. The number of carbonyl (C=O) groups excluding carboxylic acids is 2. The van der Waals surface area contributed by atoms with Crippen LogP contribution in [0.25, 0.3) is 16.8 Å². The van der Waals surface area contributed by atoms with Gasteiger partial charge in [-0.2, -0.15) is 5.26 Å². The number of anilines is 2. The molecule has 2 saturated carbocycles. The van der Waals surface area contributed by atoms with Gasteiger partial charge in [0.2, 0.25) is 0 Å². The minimum absolute atomic E-state index is 0.122. The predicted molar refractivity (Wildman–Crippen MR) is 159 cm³/mol. The van der Waals surface area contributed by atoms with Crippen molar-refractivity contribution in [2.45, 2.75) is 31.6 Å². The van der Waals surface area contributed by atoms with Gasteiger partial charge in [-0.1, -0.05) is 36.4 Å². The molecule has 2 aliphatic carbocycles. The molecule has 2 unspecified atom stereocenters. The highest BCUT2D eigenvalue weighted by Crippen LogP contribution is 2.47. The molecule has 3 fully saturated rings. The maximum Gasteiger partial charge on any atom is 0.264 e. The Labute approximate surface area is 243 Å². The van der Waals surface area contributed by atoms with E-state index < -0.39 is 0 Å². The summed E-state index contributed by atoms with van der Waals surface area (Å²) in [5, 5.41) is 12.5. The molecule has 1 aliphatic heterocycles. The van der Waals surface area contributed by atoms with E-state index >= 15 is 0 Å². The molecule has 9 nitrogen and oxygen atoms in total. The number of amides is 2. The lowest BCUT2D eigenvalue weighted by Gasteiger charge is -2.18.